The van der Waals surface area contributed by atoms with Crippen LogP contribution in [-0.2, 0) is 16.7 Å². The molecule has 1 spiro atoms. The number of pyridine rings is 1. The Morgan fingerprint density at radius 1 is 1.23 bits per heavy atom. The number of ether oxygens (including phenoxy) is 2. The number of aromatic nitrogens is 1. The Hall–Kier alpha value is -3.28. The molecule has 30 heavy (non-hydrogen) atoms. The molecular formula is C24H23NO5. The van der Waals surface area contributed by atoms with Gasteiger partial charge in [-0.25, -0.2) is 4.79 Å². The molecule has 0 saturated heterocycles. The molecule has 3 heterocycles. The van der Waals surface area contributed by atoms with E-state index in [9.17, 15) is 9.59 Å². The van der Waals surface area contributed by atoms with Gasteiger partial charge < -0.3 is 18.5 Å². The van der Waals surface area contributed by atoms with E-state index in [1.165, 1.54) is 5.56 Å². The second-order valence-corrected chi connectivity index (χ2v) is 8.00. The second-order valence-electron chi connectivity index (χ2n) is 8.00. The van der Waals surface area contributed by atoms with Crippen molar-refractivity contribution in [3.05, 3.63) is 64.3 Å². The summed E-state index contributed by atoms with van der Waals surface area (Å²) in [4.78, 5) is 25.1. The number of benzene rings is 1. The number of fused-ring (bicyclic) bond motifs is 4. The van der Waals surface area contributed by atoms with Crippen LogP contribution in [0.1, 0.15) is 42.1 Å². The van der Waals surface area contributed by atoms with E-state index in [0.29, 0.717) is 5.75 Å². The lowest BCUT2D eigenvalue weighted by Gasteiger charge is -2.49. The first-order chi connectivity index (χ1) is 14.6. The van der Waals surface area contributed by atoms with E-state index >= 15 is 0 Å². The Labute approximate surface area is 174 Å². The molecule has 1 fully saturated rings. The highest BCUT2D eigenvalue weighted by Gasteiger charge is 2.43. The van der Waals surface area contributed by atoms with Crippen molar-refractivity contribution in [1.82, 2.24) is 4.57 Å². The number of carbonyl (C=O) groups is 1. The smallest absolute Gasteiger partial charge is 0.343 e. The van der Waals surface area contributed by atoms with E-state index in [4.69, 9.17) is 13.9 Å². The summed E-state index contributed by atoms with van der Waals surface area (Å²) < 4.78 is 18.2. The van der Waals surface area contributed by atoms with E-state index in [2.05, 4.69) is 10.6 Å². The molecule has 1 aliphatic heterocycles. The van der Waals surface area contributed by atoms with Crippen molar-refractivity contribution in [3.63, 3.8) is 0 Å². The Morgan fingerprint density at radius 2 is 2.07 bits per heavy atom. The van der Waals surface area contributed by atoms with Crippen LogP contribution in [0.15, 0.2) is 52.2 Å². The summed E-state index contributed by atoms with van der Waals surface area (Å²) in [5, 5.41) is 0. The summed E-state index contributed by atoms with van der Waals surface area (Å²) >= 11 is 0. The number of esters is 1. The van der Waals surface area contributed by atoms with Gasteiger partial charge in [-0.05, 0) is 56.4 Å². The van der Waals surface area contributed by atoms with Crippen LogP contribution in [0.3, 0.4) is 0 Å². The molecule has 154 valence electrons. The number of methoxy groups -OCH3 is 1. The molecular weight excluding hydrogens is 382 g/mol. The predicted molar refractivity (Wildman–Crippen MR) is 112 cm³/mol. The van der Waals surface area contributed by atoms with Crippen LogP contribution in [0.2, 0.25) is 0 Å². The van der Waals surface area contributed by atoms with Crippen molar-refractivity contribution in [2.45, 2.75) is 38.1 Å². The highest BCUT2D eigenvalue weighted by atomic mass is 16.5. The lowest BCUT2D eigenvalue weighted by Crippen LogP contribution is -2.46. The summed E-state index contributed by atoms with van der Waals surface area (Å²) in [7, 11) is 1.64. The fourth-order valence-corrected chi connectivity index (χ4v) is 4.76. The maximum atomic E-state index is 12.8. The third-order valence-corrected chi connectivity index (χ3v) is 6.39. The SMILES string of the molecule is CCOC(=O)c1cn2c(cc1=O)-c1cc(OC)c(-c3ccoc3)cc1CC21CCC1. The number of carbonyl (C=O) groups excluding carboxylic acids is 1. The van der Waals surface area contributed by atoms with Crippen LogP contribution < -0.4 is 10.2 Å². The number of rotatable bonds is 4. The quantitative estimate of drug-likeness (QED) is 0.602. The van der Waals surface area contributed by atoms with Crippen molar-refractivity contribution >= 4 is 5.97 Å². The van der Waals surface area contributed by atoms with Crippen LogP contribution >= 0.6 is 0 Å². The van der Waals surface area contributed by atoms with E-state index < -0.39 is 5.97 Å². The first-order valence-electron chi connectivity index (χ1n) is 10.2. The Kier molecular flexibility index (Phi) is 4.31. The van der Waals surface area contributed by atoms with E-state index in [0.717, 1.165) is 48.1 Å². The first kappa shape index (κ1) is 18.7. The second kappa shape index (κ2) is 6.90. The molecule has 5 rings (SSSR count). The lowest BCUT2D eigenvalue weighted by atomic mass is 9.69. The molecule has 0 bridgehead atoms. The molecule has 2 aliphatic rings. The minimum atomic E-state index is -0.564. The van der Waals surface area contributed by atoms with Gasteiger partial charge in [0, 0.05) is 34.5 Å². The molecule has 0 atom stereocenters. The largest absolute Gasteiger partial charge is 0.496 e. The fraction of sp³-hybridized carbons (Fsp3) is 0.333. The third kappa shape index (κ3) is 2.70. The number of nitrogens with zero attached hydrogens (tertiary/aromatic N) is 1. The number of furan rings is 1. The van der Waals surface area contributed by atoms with Crippen molar-refractivity contribution in [2.75, 3.05) is 13.7 Å². The van der Waals surface area contributed by atoms with Gasteiger partial charge in [0.1, 0.15) is 11.3 Å². The average molecular weight is 405 g/mol. The number of hydrogen-bond acceptors (Lipinski definition) is 5. The molecule has 3 aromatic rings. The molecule has 0 N–H and O–H groups in total. The van der Waals surface area contributed by atoms with Crippen LogP contribution in [0.5, 0.6) is 5.75 Å². The summed E-state index contributed by atoms with van der Waals surface area (Å²) in [6, 6.07) is 7.61. The zero-order valence-corrected chi connectivity index (χ0v) is 17.1. The molecule has 6 heteroatoms. The minimum absolute atomic E-state index is 0.0947. The van der Waals surface area contributed by atoms with Gasteiger partial charge in [-0.15, -0.1) is 0 Å². The Balaban J connectivity index is 1.73. The third-order valence-electron chi connectivity index (χ3n) is 6.39. The van der Waals surface area contributed by atoms with Crippen molar-refractivity contribution in [3.8, 4) is 28.1 Å². The van der Waals surface area contributed by atoms with E-state index in [-0.39, 0.29) is 23.1 Å². The zero-order valence-electron chi connectivity index (χ0n) is 17.1. The van der Waals surface area contributed by atoms with Gasteiger partial charge in [-0.2, -0.15) is 0 Å². The highest BCUT2D eigenvalue weighted by molar-refractivity contribution is 5.90. The summed E-state index contributed by atoms with van der Waals surface area (Å²) in [5.74, 6) is 0.152. The maximum Gasteiger partial charge on any atom is 0.343 e. The van der Waals surface area contributed by atoms with Crippen molar-refractivity contribution in [2.24, 2.45) is 0 Å². The highest BCUT2D eigenvalue weighted by Crippen LogP contribution is 2.50. The van der Waals surface area contributed by atoms with Gasteiger partial charge in [-0.3, -0.25) is 4.79 Å². The van der Waals surface area contributed by atoms with Gasteiger partial charge in [-0.1, -0.05) is 0 Å². The van der Waals surface area contributed by atoms with Gasteiger partial charge >= 0.3 is 5.97 Å². The standard InChI is InChI=1S/C24H23NO5/c1-3-30-23(27)19-13-25-20(11-21(19)26)17-10-22(28-2)18(15-5-8-29-14-15)9-16(17)12-24(25)6-4-7-24/h5,8-11,13-14H,3-4,6-7,12H2,1-2H3. The van der Waals surface area contributed by atoms with Gasteiger partial charge in [0.05, 0.1) is 31.9 Å². The van der Waals surface area contributed by atoms with Crippen LogP contribution in [-0.4, -0.2) is 24.3 Å². The fourth-order valence-electron chi connectivity index (χ4n) is 4.76. The molecule has 0 amide bonds. The van der Waals surface area contributed by atoms with Crippen LogP contribution in [0.4, 0.5) is 0 Å². The molecule has 1 saturated carbocycles. The summed E-state index contributed by atoms with van der Waals surface area (Å²) in [6.07, 6.45) is 9.04. The topological polar surface area (TPSA) is 70.7 Å². The van der Waals surface area contributed by atoms with Crippen molar-refractivity contribution < 1.29 is 18.7 Å². The lowest BCUT2D eigenvalue weighted by molar-refractivity contribution is 0.0521. The van der Waals surface area contributed by atoms with Crippen LogP contribution in [0, 0.1) is 0 Å². The Bertz CT molecular complexity index is 1190. The summed E-state index contributed by atoms with van der Waals surface area (Å²) in [6.45, 7) is 1.98. The average Bonchev–Trinajstić information content (AvgIpc) is 3.25. The van der Waals surface area contributed by atoms with E-state index in [1.54, 1.807) is 38.8 Å². The molecule has 1 aromatic carbocycles. The van der Waals surface area contributed by atoms with Crippen molar-refractivity contribution in [1.29, 1.82) is 0 Å². The first-order valence-corrected chi connectivity index (χ1v) is 10.2. The van der Waals surface area contributed by atoms with E-state index in [1.807, 2.05) is 12.1 Å². The van der Waals surface area contributed by atoms with Gasteiger partial charge in [0.15, 0.2) is 5.43 Å². The minimum Gasteiger partial charge on any atom is -0.496 e. The molecule has 6 nitrogen and oxygen atoms in total. The van der Waals surface area contributed by atoms with Crippen LogP contribution in [0.25, 0.3) is 22.4 Å². The van der Waals surface area contributed by atoms with Gasteiger partial charge in [0.2, 0.25) is 0 Å². The summed E-state index contributed by atoms with van der Waals surface area (Å²) in [5.41, 5.74) is 4.55. The molecule has 2 aromatic heterocycles. The Morgan fingerprint density at radius 3 is 2.70 bits per heavy atom. The maximum absolute atomic E-state index is 12.8. The number of hydrogen-bond donors (Lipinski definition) is 0. The normalized spacial score (nSPS) is 15.8. The monoisotopic (exact) mass is 405 g/mol. The molecule has 0 radical (unpaired) electrons. The molecule has 0 unspecified atom stereocenters. The van der Waals surface area contributed by atoms with Gasteiger partial charge in [0.25, 0.3) is 0 Å². The predicted octanol–water partition coefficient (Wildman–Crippen LogP) is 4.40. The molecule has 1 aliphatic carbocycles. The zero-order chi connectivity index (χ0) is 20.9.